The maximum atomic E-state index is 11.7. The molecule has 6 nitrogen and oxygen atoms in total. The van der Waals surface area contributed by atoms with E-state index in [0.717, 1.165) is 24.1 Å². The quantitative estimate of drug-likeness (QED) is 0.428. The minimum Gasteiger partial charge on any atom is -0.364 e. The first kappa shape index (κ1) is 21.5. The Balaban J connectivity index is 3.20. The number of nitrogens with zero attached hydrogens (tertiary/aromatic N) is 2. The molecule has 0 spiro atoms. The Kier molecular flexibility index (Phi) is 9.03. The molecule has 1 heterocycles. The van der Waals surface area contributed by atoms with E-state index in [9.17, 15) is 4.79 Å². The summed E-state index contributed by atoms with van der Waals surface area (Å²) in [4.78, 5) is 17.8. The van der Waals surface area contributed by atoms with Crippen LogP contribution in [0.2, 0.25) is 0 Å². The van der Waals surface area contributed by atoms with Crippen LogP contribution in [0.3, 0.4) is 0 Å². The Morgan fingerprint density at radius 2 is 2.04 bits per heavy atom. The lowest BCUT2D eigenvalue weighted by molar-refractivity contribution is -0.170. The number of aryl methyl sites for hydroxylation is 1. The van der Waals surface area contributed by atoms with Gasteiger partial charge in [-0.2, -0.15) is 0 Å². The van der Waals surface area contributed by atoms with Crippen molar-refractivity contribution in [3.8, 4) is 0 Å². The van der Waals surface area contributed by atoms with Crippen molar-refractivity contribution in [2.45, 2.75) is 52.2 Å². The van der Waals surface area contributed by atoms with Gasteiger partial charge in [0.05, 0.1) is 11.6 Å². The average molecular weight is 352 g/mol. The highest BCUT2D eigenvalue weighted by molar-refractivity contribution is 5.48. The molecule has 25 heavy (non-hydrogen) atoms. The zero-order valence-electron chi connectivity index (χ0n) is 16.3. The first-order chi connectivity index (χ1) is 11.9. The number of pyridine rings is 1. The van der Waals surface area contributed by atoms with Gasteiger partial charge in [0.25, 0.3) is 0 Å². The first-order valence-electron chi connectivity index (χ1n) is 8.60. The second kappa shape index (κ2) is 10.5. The van der Waals surface area contributed by atoms with Gasteiger partial charge in [0, 0.05) is 32.5 Å². The molecular weight excluding hydrogens is 320 g/mol. The van der Waals surface area contributed by atoms with E-state index in [1.54, 1.807) is 25.3 Å². The summed E-state index contributed by atoms with van der Waals surface area (Å²) in [7, 11) is 3.17. The zero-order valence-corrected chi connectivity index (χ0v) is 16.3. The number of methoxy groups -OCH3 is 2. The summed E-state index contributed by atoms with van der Waals surface area (Å²) in [5.74, 6) is 0.389. The normalized spacial score (nSPS) is 15.0. The molecule has 1 aromatic heterocycles. The van der Waals surface area contributed by atoms with E-state index >= 15 is 0 Å². The van der Waals surface area contributed by atoms with E-state index < -0.39 is 5.60 Å². The highest BCUT2D eigenvalue weighted by atomic mass is 16.7. The molecule has 1 amide bonds. The molecule has 1 rings (SSSR count). The molecule has 2 unspecified atom stereocenters. The first-order valence-corrected chi connectivity index (χ1v) is 8.60. The number of carbonyl (C=O) groups is 1. The summed E-state index contributed by atoms with van der Waals surface area (Å²) in [5, 5.41) is 0. The van der Waals surface area contributed by atoms with Gasteiger partial charge >= 0.3 is 0 Å². The molecule has 6 heteroatoms. The molecule has 0 saturated carbocycles. The minimum atomic E-state index is -0.652. The molecule has 142 valence electrons. The maximum Gasteiger partial charge on any atom is 0.211 e. The number of ether oxygens (including phenoxy) is 3. The Labute approximate surface area is 151 Å². The Morgan fingerprint density at radius 1 is 1.32 bits per heavy atom. The molecule has 0 bridgehead atoms. The van der Waals surface area contributed by atoms with E-state index in [1.165, 1.54) is 0 Å². The van der Waals surface area contributed by atoms with Crippen LogP contribution in [0.1, 0.15) is 38.4 Å². The summed E-state index contributed by atoms with van der Waals surface area (Å²) >= 11 is 0. The molecule has 0 radical (unpaired) electrons. The Morgan fingerprint density at radius 3 is 2.56 bits per heavy atom. The van der Waals surface area contributed by atoms with Crippen LogP contribution in [0.25, 0.3) is 0 Å². The number of hydrogen-bond donors (Lipinski definition) is 0. The van der Waals surface area contributed by atoms with Crippen LogP contribution < -0.4 is 0 Å². The molecule has 1 aromatic rings. The fourth-order valence-electron chi connectivity index (χ4n) is 3.04. The summed E-state index contributed by atoms with van der Waals surface area (Å²) in [5.41, 5.74) is 1.42. The Hall–Kier alpha value is -1.50. The van der Waals surface area contributed by atoms with E-state index in [0.29, 0.717) is 12.3 Å². The lowest BCUT2D eigenvalue weighted by atomic mass is 9.84. The van der Waals surface area contributed by atoms with Gasteiger partial charge in [-0.15, -0.1) is 0 Å². The van der Waals surface area contributed by atoms with Crippen LogP contribution in [-0.4, -0.2) is 55.7 Å². The molecule has 0 saturated heterocycles. The summed E-state index contributed by atoms with van der Waals surface area (Å²) < 4.78 is 16.5. The summed E-state index contributed by atoms with van der Waals surface area (Å²) in [6.45, 7) is 8.67. The molecule has 0 N–H and O–H groups in total. The fourth-order valence-corrected chi connectivity index (χ4v) is 3.04. The topological polar surface area (TPSA) is 60.9 Å². The number of rotatable bonds is 12. The average Bonchev–Trinajstić information content (AvgIpc) is 2.56. The van der Waals surface area contributed by atoms with Gasteiger partial charge in [-0.3, -0.25) is 9.78 Å². The lowest BCUT2D eigenvalue weighted by Crippen LogP contribution is -2.55. The van der Waals surface area contributed by atoms with E-state index in [4.69, 9.17) is 14.2 Å². The van der Waals surface area contributed by atoms with Crippen LogP contribution in [-0.2, 0) is 25.4 Å². The third-order valence-electron chi connectivity index (χ3n) is 4.22. The van der Waals surface area contributed by atoms with Crippen molar-refractivity contribution in [1.29, 1.82) is 0 Å². The molecule has 0 aliphatic carbocycles. The standard InChI is InChI=1S/C19H32N2O4/c1-15(2)9-18(21(12-22)13-23-5)19(4,25-14-24-6)11-17-10-16(3)7-8-20-17/h7-8,10,12,15,18H,9,11,13-14H2,1-6H3. The van der Waals surface area contributed by atoms with Crippen molar-refractivity contribution >= 4 is 6.41 Å². The molecule has 0 aliphatic heterocycles. The third-order valence-corrected chi connectivity index (χ3v) is 4.22. The fraction of sp³-hybridized carbons (Fsp3) is 0.684. The SMILES string of the molecule is COCOC(C)(Cc1cc(C)ccn1)C(CC(C)C)N(C=O)COC. The van der Waals surface area contributed by atoms with Crippen molar-refractivity contribution in [3.63, 3.8) is 0 Å². The van der Waals surface area contributed by atoms with Gasteiger partial charge in [0.2, 0.25) is 6.41 Å². The van der Waals surface area contributed by atoms with Gasteiger partial charge in [0.15, 0.2) is 0 Å². The van der Waals surface area contributed by atoms with E-state index in [-0.39, 0.29) is 19.6 Å². The molecule has 0 aliphatic rings. The predicted molar refractivity (Wildman–Crippen MR) is 97.1 cm³/mol. The third kappa shape index (κ3) is 6.72. The second-order valence-corrected chi connectivity index (χ2v) is 7.05. The van der Waals surface area contributed by atoms with Crippen LogP contribution in [0.4, 0.5) is 0 Å². The summed E-state index contributed by atoms with van der Waals surface area (Å²) in [6, 6.07) is 3.84. The van der Waals surface area contributed by atoms with Crippen LogP contribution >= 0.6 is 0 Å². The van der Waals surface area contributed by atoms with Gasteiger partial charge in [0.1, 0.15) is 13.5 Å². The van der Waals surface area contributed by atoms with E-state index in [2.05, 4.69) is 18.8 Å². The monoisotopic (exact) mass is 352 g/mol. The van der Waals surface area contributed by atoms with Crippen molar-refractivity contribution in [3.05, 3.63) is 29.6 Å². The van der Waals surface area contributed by atoms with Crippen LogP contribution in [0.5, 0.6) is 0 Å². The van der Waals surface area contributed by atoms with Gasteiger partial charge in [-0.05, 0) is 43.9 Å². The zero-order chi connectivity index (χ0) is 18.9. The lowest BCUT2D eigenvalue weighted by Gasteiger charge is -2.43. The number of carbonyl (C=O) groups excluding carboxylic acids is 1. The number of amides is 1. The largest absolute Gasteiger partial charge is 0.364 e. The summed E-state index contributed by atoms with van der Waals surface area (Å²) in [6.07, 6.45) is 3.98. The number of aromatic nitrogens is 1. The van der Waals surface area contributed by atoms with Gasteiger partial charge < -0.3 is 19.1 Å². The van der Waals surface area contributed by atoms with Gasteiger partial charge in [-0.25, -0.2) is 0 Å². The smallest absolute Gasteiger partial charge is 0.211 e. The molecular formula is C19H32N2O4. The predicted octanol–water partition coefficient (Wildman–Crippen LogP) is 2.79. The molecule has 2 atom stereocenters. The maximum absolute atomic E-state index is 11.7. The second-order valence-electron chi connectivity index (χ2n) is 7.05. The highest BCUT2D eigenvalue weighted by Crippen LogP contribution is 2.29. The molecule has 0 aromatic carbocycles. The molecule has 0 fully saturated rings. The van der Waals surface area contributed by atoms with Gasteiger partial charge in [-0.1, -0.05) is 13.8 Å². The minimum absolute atomic E-state index is 0.149. The van der Waals surface area contributed by atoms with Crippen LogP contribution in [0.15, 0.2) is 18.3 Å². The highest BCUT2D eigenvalue weighted by Gasteiger charge is 2.40. The van der Waals surface area contributed by atoms with Crippen molar-refractivity contribution < 1.29 is 19.0 Å². The van der Waals surface area contributed by atoms with Crippen molar-refractivity contribution in [2.24, 2.45) is 5.92 Å². The van der Waals surface area contributed by atoms with Crippen molar-refractivity contribution in [1.82, 2.24) is 9.88 Å². The van der Waals surface area contributed by atoms with Crippen LogP contribution in [0, 0.1) is 12.8 Å². The van der Waals surface area contributed by atoms with Crippen molar-refractivity contribution in [2.75, 3.05) is 27.7 Å². The van der Waals surface area contributed by atoms with E-state index in [1.807, 2.05) is 26.0 Å². The number of hydrogen-bond acceptors (Lipinski definition) is 5. The Bertz CT molecular complexity index is 524.